The average Bonchev–Trinajstić information content (AvgIpc) is 3.33. The van der Waals surface area contributed by atoms with E-state index in [0.717, 1.165) is 17.0 Å². The number of carbonyl (C=O) groups is 1. The van der Waals surface area contributed by atoms with Crippen molar-refractivity contribution in [1.82, 2.24) is 20.1 Å². The number of aromatic nitrogens is 3. The maximum Gasteiger partial charge on any atom is 0.407 e. The first kappa shape index (κ1) is 18.6. The number of benzene rings is 2. The third-order valence-corrected chi connectivity index (χ3v) is 5.53. The number of halogens is 1. The summed E-state index contributed by atoms with van der Waals surface area (Å²) in [5.41, 5.74) is 1.80. The molecule has 2 heterocycles. The number of alkyl carbamates (subject to hydrolysis) is 1. The van der Waals surface area contributed by atoms with E-state index < -0.39 is 0 Å². The highest BCUT2D eigenvalue weighted by molar-refractivity contribution is 7.99. The first-order chi connectivity index (χ1) is 13.6. The highest BCUT2D eigenvalue weighted by Gasteiger charge is 2.24. The molecule has 9 heteroatoms. The molecule has 1 atom stereocenters. The van der Waals surface area contributed by atoms with Crippen LogP contribution in [0.25, 0.3) is 17.1 Å². The van der Waals surface area contributed by atoms with Crippen molar-refractivity contribution in [3.05, 3.63) is 53.6 Å². The van der Waals surface area contributed by atoms with Gasteiger partial charge in [-0.15, -0.1) is 10.2 Å². The van der Waals surface area contributed by atoms with Crippen LogP contribution in [0.2, 0.25) is 5.02 Å². The number of nitrogens with zero attached hydrogens (tertiary/aromatic N) is 3. The molecule has 1 amide bonds. The predicted molar refractivity (Wildman–Crippen MR) is 107 cm³/mol. The number of methoxy groups -OCH3 is 1. The zero-order chi connectivity index (χ0) is 19.5. The van der Waals surface area contributed by atoms with Crippen LogP contribution in [-0.2, 0) is 4.74 Å². The fourth-order valence-corrected chi connectivity index (χ4v) is 3.87. The largest absolute Gasteiger partial charge is 0.497 e. The van der Waals surface area contributed by atoms with Crippen LogP contribution in [0.1, 0.15) is 0 Å². The number of carbonyl (C=O) groups excluding carboxylic acids is 1. The molecule has 1 aromatic heterocycles. The molecule has 1 fully saturated rings. The molecular formula is C19H17ClN4O3S. The lowest BCUT2D eigenvalue weighted by molar-refractivity contribution is 0.150. The second-order valence-corrected chi connectivity index (χ2v) is 7.49. The van der Waals surface area contributed by atoms with Crippen molar-refractivity contribution < 1.29 is 14.3 Å². The summed E-state index contributed by atoms with van der Waals surface area (Å²) < 4.78 is 12.4. The molecule has 0 bridgehead atoms. The number of cyclic esters (lactones) is 1. The molecule has 4 rings (SSSR count). The molecule has 1 saturated heterocycles. The van der Waals surface area contributed by atoms with Crippen molar-refractivity contribution in [2.24, 2.45) is 0 Å². The van der Waals surface area contributed by atoms with Gasteiger partial charge in [-0.05, 0) is 48.5 Å². The van der Waals surface area contributed by atoms with Gasteiger partial charge in [-0.3, -0.25) is 4.57 Å². The minimum atomic E-state index is -0.385. The number of hydrogen-bond donors (Lipinski definition) is 1. The van der Waals surface area contributed by atoms with E-state index in [0.29, 0.717) is 28.3 Å². The van der Waals surface area contributed by atoms with Gasteiger partial charge in [0.25, 0.3) is 0 Å². The topological polar surface area (TPSA) is 78.3 Å². The van der Waals surface area contributed by atoms with Crippen molar-refractivity contribution >= 4 is 29.5 Å². The van der Waals surface area contributed by atoms with Gasteiger partial charge in [0.15, 0.2) is 11.0 Å². The molecule has 28 heavy (non-hydrogen) atoms. The maximum absolute atomic E-state index is 11.2. The highest BCUT2D eigenvalue weighted by atomic mass is 35.5. The Morgan fingerprint density at radius 3 is 2.61 bits per heavy atom. The molecule has 7 nitrogen and oxygen atoms in total. The van der Waals surface area contributed by atoms with Gasteiger partial charge in [0.05, 0.1) is 13.7 Å². The Kier molecular flexibility index (Phi) is 5.40. The molecule has 0 saturated carbocycles. The molecule has 1 aliphatic heterocycles. The average molecular weight is 417 g/mol. The van der Waals surface area contributed by atoms with E-state index in [2.05, 4.69) is 15.5 Å². The van der Waals surface area contributed by atoms with Gasteiger partial charge in [-0.2, -0.15) is 0 Å². The first-order valence-corrected chi connectivity index (χ1v) is 9.93. The van der Waals surface area contributed by atoms with Crippen LogP contribution in [0.15, 0.2) is 53.7 Å². The first-order valence-electron chi connectivity index (χ1n) is 8.57. The number of rotatable bonds is 6. The Hall–Kier alpha value is -2.71. The summed E-state index contributed by atoms with van der Waals surface area (Å²) in [5.74, 6) is 2.04. The normalized spacial score (nSPS) is 15.9. The Bertz CT molecular complexity index is 976. The third-order valence-electron chi connectivity index (χ3n) is 4.21. The lowest BCUT2D eigenvalue weighted by Gasteiger charge is -2.12. The van der Waals surface area contributed by atoms with Gasteiger partial charge < -0.3 is 14.8 Å². The van der Waals surface area contributed by atoms with Crippen molar-refractivity contribution in [3.63, 3.8) is 0 Å². The molecular weight excluding hydrogens is 400 g/mol. The van der Waals surface area contributed by atoms with Gasteiger partial charge in [-0.1, -0.05) is 23.4 Å². The van der Waals surface area contributed by atoms with E-state index in [1.54, 1.807) is 7.11 Å². The summed E-state index contributed by atoms with van der Waals surface area (Å²) in [4.78, 5) is 11.2. The summed E-state index contributed by atoms with van der Waals surface area (Å²) in [6.07, 6.45) is -0.582. The molecule has 1 N–H and O–H groups in total. The smallest absolute Gasteiger partial charge is 0.407 e. The van der Waals surface area contributed by atoms with Gasteiger partial charge in [0, 0.05) is 22.0 Å². The van der Waals surface area contributed by atoms with Crippen molar-refractivity contribution in [2.45, 2.75) is 11.3 Å². The third kappa shape index (κ3) is 3.93. The summed E-state index contributed by atoms with van der Waals surface area (Å²) in [5, 5.41) is 12.8. The predicted octanol–water partition coefficient (Wildman–Crippen LogP) is 3.80. The Morgan fingerprint density at radius 2 is 1.96 bits per heavy atom. The van der Waals surface area contributed by atoms with Crippen LogP contribution in [0.4, 0.5) is 4.79 Å². The van der Waals surface area contributed by atoms with E-state index in [-0.39, 0.29) is 12.2 Å². The van der Waals surface area contributed by atoms with E-state index >= 15 is 0 Å². The van der Waals surface area contributed by atoms with Crippen molar-refractivity contribution in [3.8, 4) is 22.8 Å². The number of thioether (sulfide) groups is 1. The molecule has 0 spiro atoms. The molecule has 1 aliphatic rings. The zero-order valence-electron chi connectivity index (χ0n) is 15.0. The minimum Gasteiger partial charge on any atom is -0.497 e. The Balaban J connectivity index is 1.68. The molecule has 0 radical (unpaired) electrons. The maximum atomic E-state index is 11.2. The van der Waals surface area contributed by atoms with Crippen LogP contribution < -0.4 is 10.1 Å². The second kappa shape index (κ2) is 8.12. The second-order valence-electron chi connectivity index (χ2n) is 6.07. The number of hydrogen-bond acceptors (Lipinski definition) is 6. The van der Waals surface area contributed by atoms with Crippen molar-refractivity contribution in [1.29, 1.82) is 0 Å². The van der Waals surface area contributed by atoms with Crippen molar-refractivity contribution in [2.75, 3.05) is 19.4 Å². The fourth-order valence-electron chi connectivity index (χ4n) is 2.81. The van der Waals surface area contributed by atoms with Crippen LogP contribution in [0, 0.1) is 0 Å². The fraction of sp³-hybridized carbons (Fsp3) is 0.211. The molecule has 0 unspecified atom stereocenters. The standard InChI is InChI=1S/C19H17ClN4O3S/c1-26-15-8-6-14(7-9-15)24-17(12-2-4-13(20)5-3-12)22-23-18(24)28-11-16-10-21-19(25)27-16/h2-9,16H,10-11H2,1H3,(H,21,25)/t16-/m0/s1. The number of ether oxygens (including phenoxy) is 2. The summed E-state index contributed by atoms with van der Waals surface area (Å²) in [6, 6.07) is 15.1. The van der Waals surface area contributed by atoms with Gasteiger partial charge in [0.1, 0.15) is 11.9 Å². The van der Waals surface area contributed by atoms with Gasteiger partial charge in [0.2, 0.25) is 0 Å². The summed E-state index contributed by atoms with van der Waals surface area (Å²) in [6.45, 7) is 0.493. The number of nitrogens with one attached hydrogen (secondary N) is 1. The van der Waals surface area contributed by atoms with Crippen LogP contribution >= 0.6 is 23.4 Å². The Labute approximate surface area is 171 Å². The van der Waals surface area contributed by atoms with E-state index in [1.807, 2.05) is 53.1 Å². The SMILES string of the molecule is COc1ccc(-n2c(SC[C@@H]3CNC(=O)O3)nnc2-c2ccc(Cl)cc2)cc1. The minimum absolute atomic E-state index is 0.197. The summed E-state index contributed by atoms with van der Waals surface area (Å²) in [7, 11) is 1.63. The zero-order valence-corrected chi connectivity index (χ0v) is 16.5. The van der Waals surface area contributed by atoms with Crippen LogP contribution in [-0.4, -0.2) is 46.4 Å². The molecule has 0 aliphatic carbocycles. The summed E-state index contributed by atoms with van der Waals surface area (Å²) >= 11 is 7.51. The van der Waals surface area contributed by atoms with Crippen LogP contribution in [0.3, 0.4) is 0 Å². The molecule has 2 aromatic carbocycles. The monoisotopic (exact) mass is 416 g/mol. The lowest BCUT2D eigenvalue weighted by Crippen LogP contribution is -2.17. The highest BCUT2D eigenvalue weighted by Crippen LogP contribution is 2.30. The Morgan fingerprint density at radius 1 is 1.21 bits per heavy atom. The lowest BCUT2D eigenvalue weighted by atomic mass is 10.2. The van der Waals surface area contributed by atoms with Gasteiger partial charge >= 0.3 is 6.09 Å². The quantitative estimate of drug-likeness (QED) is 0.616. The number of amides is 1. The van der Waals surface area contributed by atoms with Gasteiger partial charge in [-0.25, -0.2) is 4.79 Å². The molecule has 3 aromatic rings. The van der Waals surface area contributed by atoms with Crippen LogP contribution in [0.5, 0.6) is 5.75 Å². The van der Waals surface area contributed by atoms with E-state index in [1.165, 1.54) is 11.8 Å². The van der Waals surface area contributed by atoms with E-state index in [9.17, 15) is 4.79 Å². The van der Waals surface area contributed by atoms with E-state index in [4.69, 9.17) is 21.1 Å². The molecule has 144 valence electrons.